The number of carboxylic acids is 1. The van der Waals surface area contributed by atoms with Crippen LogP contribution < -0.4 is 4.90 Å². The van der Waals surface area contributed by atoms with Gasteiger partial charge in [0.2, 0.25) is 5.91 Å². The Hall–Kier alpha value is -3.15. The summed E-state index contributed by atoms with van der Waals surface area (Å²) >= 11 is 0. The highest BCUT2D eigenvalue weighted by Gasteiger charge is 2.38. The minimum Gasteiger partial charge on any atom is -0.475 e. The van der Waals surface area contributed by atoms with E-state index in [9.17, 15) is 18.0 Å². The predicted octanol–water partition coefficient (Wildman–Crippen LogP) is 2.30. The molecule has 1 atom stereocenters. The van der Waals surface area contributed by atoms with E-state index in [1.807, 2.05) is 18.0 Å². The second-order valence-electron chi connectivity index (χ2n) is 6.52. The summed E-state index contributed by atoms with van der Waals surface area (Å²) in [5, 5.41) is 7.12. The van der Waals surface area contributed by atoms with E-state index in [1.165, 1.54) is 0 Å². The molecule has 0 aliphatic carbocycles. The van der Waals surface area contributed by atoms with Crippen LogP contribution in [0.5, 0.6) is 0 Å². The Morgan fingerprint density at radius 2 is 2.06 bits per heavy atom. The first-order chi connectivity index (χ1) is 14.6. The average molecular weight is 444 g/mol. The maximum Gasteiger partial charge on any atom is 0.490 e. The fraction of sp³-hybridized carbons (Fsp3) is 0.474. The molecule has 1 aliphatic rings. The lowest BCUT2D eigenvalue weighted by Gasteiger charge is -2.34. The first kappa shape index (κ1) is 24.1. The van der Waals surface area contributed by atoms with Gasteiger partial charge in [-0.15, -0.1) is 0 Å². The van der Waals surface area contributed by atoms with E-state index in [4.69, 9.17) is 19.1 Å². The van der Waals surface area contributed by atoms with Crippen LogP contribution in [-0.2, 0) is 20.7 Å². The fourth-order valence-electron chi connectivity index (χ4n) is 2.68. The summed E-state index contributed by atoms with van der Waals surface area (Å²) in [6, 6.07) is 5.19. The number of carbonyl (C=O) groups excluding carboxylic acids is 1. The van der Waals surface area contributed by atoms with Crippen molar-refractivity contribution in [1.82, 2.24) is 14.9 Å². The normalized spacial score (nSPS) is 16.3. The van der Waals surface area contributed by atoms with Crippen molar-refractivity contribution in [3.05, 3.63) is 42.2 Å². The zero-order valence-electron chi connectivity index (χ0n) is 17.0. The molecule has 1 aliphatic heterocycles. The van der Waals surface area contributed by atoms with E-state index < -0.39 is 12.1 Å². The van der Waals surface area contributed by atoms with Gasteiger partial charge in [-0.1, -0.05) is 0 Å². The monoisotopic (exact) mass is 444 g/mol. The molecule has 9 nitrogen and oxygen atoms in total. The summed E-state index contributed by atoms with van der Waals surface area (Å²) in [7, 11) is 1.98. The first-order valence-electron chi connectivity index (χ1n) is 9.37. The van der Waals surface area contributed by atoms with Gasteiger partial charge in [-0.25, -0.2) is 14.8 Å². The molecule has 31 heavy (non-hydrogen) atoms. The molecule has 2 aromatic rings. The third-order valence-corrected chi connectivity index (χ3v) is 4.42. The van der Waals surface area contributed by atoms with Gasteiger partial charge in [-0.3, -0.25) is 4.79 Å². The van der Waals surface area contributed by atoms with Crippen LogP contribution in [0.2, 0.25) is 0 Å². The van der Waals surface area contributed by atoms with Gasteiger partial charge >= 0.3 is 12.1 Å². The number of hydrogen-bond acceptors (Lipinski definition) is 7. The molecule has 1 saturated heterocycles. The van der Waals surface area contributed by atoms with Crippen molar-refractivity contribution in [2.45, 2.75) is 25.6 Å². The van der Waals surface area contributed by atoms with Crippen molar-refractivity contribution in [1.29, 1.82) is 0 Å². The van der Waals surface area contributed by atoms with Gasteiger partial charge in [0.15, 0.2) is 5.82 Å². The quantitative estimate of drug-likeness (QED) is 0.748. The van der Waals surface area contributed by atoms with Gasteiger partial charge in [-0.05, 0) is 25.1 Å². The Kier molecular flexibility index (Phi) is 8.37. The number of alkyl halides is 3. The lowest BCUT2D eigenvalue weighted by atomic mass is 10.1. The summed E-state index contributed by atoms with van der Waals surface area (Å²) in [6.45, 7) is 4.36. The van der Waals surface area contributed by atoms with Crippen molar-refractivity contribution >= 4 is 17.7 Å². The Morgan fingerprint density at radius 3 is 2.65 bits per heavy atom. The molecule has 0 spiro atoms. The van der Waals surface area contributed by atoms with E-state index in [1.54, 1.807) is 29.5 Å². The molecule has 1 N–H and O–H groups in total. The summed E-state index contributed by atoms with van der Waals surface area (Å²) < 4.78 is 42.6. The van der Waals surface area contributed by atoms with E-state index in [0.29, 0.717) is 31.3 Å². The summed E-state index contributed by atoms with van der Waals surface area (Å²) in [5.74, 6) is -0.652. The number of ether oxygens (including phenoxy) is 1. The molecule has 3 heterocycles. The smallest absolute Gasteiger partial charge is 0.475 e. The molecular formula is C19H23F3N4O5. The van der Waals surface area contributed by atoms with Crippen LogP contribution in [0, 0.1) is 0 Å². The number of amides is 1. The van der Waals surface area contributed by atoms with Crippen LogP contribution in [0.25, 0.3) is 0 Å². The highest BCUT2D eigenvalue weighted by atomic mass is 19.4. The van der Waals surface area contributed by atoms with Crippen molar-refractivity contribution < 1.29 is 37.0 Å². The first-order valence-corrected chi connectivity index (χ1v) is 9.37. The number of aromatic nitrogens is 2. The van der Waals surface area contributed by atoms with E-state index in [0.717, 1.165) is 12.4 Å². The number of aliphatic carboxylic acids is 1. The molecule has 2 aromatic heterocycles. The fourth-order valence-corrected chi connectivity index (χ4v) is 2.68. The number of anilines is 1. The number of nitrogens with zero attached hydrogens (tertiary/aromatic N) is 4. The highest BCUT2D eigenvalue weighted by Crippen LogP contribution is 2.24. The highest BCUT2D eigenvalue weighted by molar-refractivity contribution is 5.78. The molecule has 1 amide bonds. The van der Waals surface area contributed by atoms with Crippen LogP contribution in [0.3, 0.4) is 0 Å². The number of hydrogen-bond donors (Lipinski definition) is 1. The van der Waals surface area contributed by atoms with Crippen LogP contribution in [-0.4, -0.2) is 71.4 Å². The zero-order valence-corrected chi connectivity index (χ0v) is 17.0. The largest absolute Gasteiger partial charge is 0.490 e. The summed E-state index contributed by atoms with van der Waals surface area (Å²) in [5.41, 5.74) is 0. The molecule has 0 saturated carbocycles. The Morgan fingerprint density at radius 1 is 1.35 bits per heavy atom. The molecule has 3 rings (SSSR count). The van der Waals surface area contributed by atoms with Crippen molar-refractivity contribution in [2.75, 3.05) is 38.3 Å². The van der Waals surface area contributed by atoms with Crippen LogP contribution >= 0.6 is 0 Å². The van der Waals surface area contributed by atoms with Gasteiger partial charge in [0.1, 0.15) is 17.6 Å². The van der Waals surface area contributed by atoms with E-state index in [2.05, 4.69) is 16.9 Å². The molecule has 1 fully saturated rings. The molecule has 0 bridgehead atoms. The SMILES string of the molecule is CCN(C)c1ccnc(C2COCCN2C(=O)Cc2ccco2)n1.O=C(O)C(F)(F)F. The summed E-state index contributed by atoms with van der Waals surface area (Å²) in [4.78, 5) is 34.4. The number of rotatable bonds is 5. The number of carbonyl (C=O) groups is 2. The van der Waals surface area contributed by atoms with E-state index >= 15 is 0 Å². The number of carboxylic acid groups (broad SMARTS) is 1. The lowest BCUT2D eigenvalue weighted by molar-refractivity contribution is -0.192. The van der Waals surface area contributed by atoms with E-state index in [-0.39, 0.29) is 18.4 Å². The molecule has 170 valence electrons. The maximum atomic E-state index is 12.7. The molecular weight excluding hydrogens is 421 g/mol. The molecule has 1 unspecified atom stereocenters. The molecule has 12 heteroatoms. The predicted molar refractivity (Wildman–Crippen MR) is 102 cm³/mol. The van der Waals surface area contributed by atoms with Gasteiger partial charge in [0.05, 0.1) is 25.9 Å². The third-order valence-electron chi connectivity index (χ3n) is 4.42. The molecule has 0 aromatic carbocycles. The van der Waals surface area contributed by atoms with Crippen LogP contribution in [0.1, 0.15) is 24.6 Å². The van der Waals surface area contributed by atoms with Crippen molar-refractivity contribution in [3.63, 3.8) is 0 Å². The van der Waals surface area contributed by atoms with Gasteiger partial charge in [-0.2, -0.15) is 13.2 Å². The average Bonchev–Trinajstić information content (AvgIpc) is 3.26. The summed E-state index contributed by atoms with van der Waals surface area (Å²) in [6.07, 6.45) is -1.54. The van der Waals surface area contributed by atoms with Gasteiger partial charge in [0.25, 0.3) is 0 Å². The minimum atomic E-state index is -5.08. The Balaban J connectivity index is 0.000000423. The van der Waals surface area contributed by atoms with Crippen LogP contribution in [0.15, 0.2) is 35.1 Å². The standard InChI is InChI=1S/C17H22N4O3.C2HF3O2/c1-3-20(2)15-6-7-18-17(19-15)14-12-23-10-8-21(14)16(22)11-13-5-4-9-24-13;3-2(4,5)1(6)7/h4-7,9,14H,3,8,10-12H2,1-2H3;(H,6,7). The zero-order chi connectivity index (χ0) is 23.0. The number of furan rings is 1. The van der Waals surface area contributed by atoms with Gasteiger partial charge < -0.3 is 24.1 Å². The number of morpholine rings is 1. The third kappa shape index (κ3) is 6.95. The Labute approximate surface area is 176 Å². The topological polar surface area (TPSA) is 109 Å². The second-order valence-corrected chi connectivity index (χ2v) is 6.52. The van der Waals surface area contributed by atoms with Crippen LogP contribution in [0.4, 0.5) is 19.0 Å². The van der Waals surface area contributed by atoms with Gasteiger partial charge in [0, 0.05) is 26.3 Å². The Bertz CT molecular complexity index is 860. The molecule has 0 radical (unpaired) electrons. The second kappa shape index (κ2) is 10.8. The van der Waals surface area contributed by atoms with Crippen molar-refractivity contribution in [2.24, 2.45) is 0 Å². The number of halogens is 3. The minimum absolute atomic E-state index is 0.00361. The maximum absolute atomic E-state index is 12.7. The lowest BCUT2D eigenvalue weighted by Crippen LogP contribution is -2.44. The van der Waals surface area contributed by atoms with Crippen molar-refractivity contribution in [3.8, 4) is 0 Å².